The van der Waals surface area contributed by atoms with E-state index in [-0.39, 0.29) is 18.2 Å². The summed E-state index contributed by atoms with van der Waals surface area (Å²) in [7, 11) is 0. The summed E-state index contributed by atoms with van der Waals surface area (Å²) >= 11 is 0. The predicted octanol–water partition coefficient (Wildman–Crippen LogP) is 3.87. The van der Waals surface area contributed by atoms with Crippen molar-refractivity contribution in [2.75, 3.05) is 0 Å². The number of halogens is 2. The summed E-state index contributed by atoms with van der Waals surface area (Å²) < 4.78 is 32.6. The Hall–Kier alpha value is -1.94. The molecule has 20 heavy (non-hydrogen) atoms. The zero-order chi connectivity index (χ0) is 14.7. The van der Waals surface area contributed by atoms with Gasteiger partial charge in [0.05, 0.1) is 5.56 Å². The molecule has 1 unspecified atom stereocenters. The molecule has 0 fully saturated rings. The van der Waals surface area contributed by atoms with Crippen molar-refractivity contribution in [2.24, 2.45) is 5.73 Å². The first kappa shape index (κ1) is 14.5. The van der Waals surface area contributed by atoms with E-state index in [1.807, 2.05) is 26.0 Å². The van der Waals surface area contributed by atoms with E-state index in [2.05, 4.69) is 0 Å². The number of rotatable bonds is 4. The van der Waals surface area contributed by atoms with Crippen molar-refractivity contribution in [3.05, 3.63) is 64.7 Å². The largest absolute Gasteiger partial charge is 0.488 e. The minimum Gasteiger partial charge on any atom is -0.488 e. The Morgan fingerprint density at radius 3 is 2.40 bits per heavy atom. The fourth-order valence-corrected chi connectivity index (χ4v) is 1.98. The van der Waals surface area contributed by atoms with Crippen LogP contribution in [0.1, 0.15) is 29.7 Å². The van der Waals surface area contributed by atoms with Crippen molar-refractivity contribution in [1.29, 1.82) is 0 Å². The molecular weight excluding hydrogens is 260 g/mol. The van der Waals surface area contributed by atoms with Gasteiger partial charge in [0, 0.05) is 11.6 Å². The lowest BCUT2D eigenvalue weighted by Gasteiger charge is -2.15. The summed E-state index contributed by atoms with van der Waals surface area (Å²) in [6.07, 6.45) is 0. The van der Waals surface area contributed by atoms with Gasteiger partial charge in [-0.3, -0.25) is 0 Å². The lowest BCUT2D eigenvalue weighted by molar-refractivity contribution is 0.288. The van der Waals surface area contributed by atoms with Crippen molar-refractivity contribution in [2.45, 2.75) is 26.5 Å². The van der Waals surface area contributed by atoms with E-state index < -0.39 is 11.6 Å². The van der Waals surface area contributed by atoms with Gasteiger partial charge in [0.2, 0.25) is 0 Å². The summed E-state index contributed by atoms with van der Waals surface area (Å²) in [6.45, 7) is 3.62. The van der Waals surface area contributed by atoms with Gasteiger partial charge in [-0.15, -0.1) is 0 Å². The predicted molar refractivity (Wildman–Crippen MR) is 74.5 cm³/mol. The number of nitrogens with two attached hydrogens (primary N) is 1. The van der Waals surface area contributed by atoms with Gasteiger partial charge in [0.25, 0.3) is 0 Å². The highest BCUT2D eigenvalue weighted by Gasteiger charge is 2.12. The van der Waals surface area contributed by atoms with E-state index in [0.29, 0.717) is 5.75 Å². The molecule has 0 aliphatic carbocycles. The average Bonchev–Trinajstić information content (AvgIpc) is 2.39. The third-order valence-corrected chi connectivity index (χ3v) is 3.09. The molecule has 0 aromatic heterocycles. The number of benzene rings is 2. The van der Waals surface area contributed by atoms with E-state index in [1.165, 1.54) is 18.2 Å². The van der Waals surface area contributed by atoms with Crippen LogP contribution < -0.4 is 10.5 Å². The molecule has 2 aromatic rings. The summed E-state index contributed by atoms with van der Waals surface area (Å²) in [6, 6.07) is 9.10. The maximum Gasteiger partial charge on any atom is 0.132 e. The molecule has 0 saturated carbocycles. The minimum atomic E-state index is -0.612. The van der Waals surface area contributed by atoms with Gasteiger partial charge in [-0.25, -0.2) is 8.78 Å². The summed E-state index contributed by atoms with van der Waals surface area (Å²) in [4.78, 5) is 0. The topological polar surface area (TPSA) is 35.2 Å². The standard InChI is InChI=1S/C16H17F2NO/c1-10-6-7-16(12(8-10)11(2)19)20-9-13-14(17)4-3-5-15(13)18/h3-8,11H,9,19H2,1-2H3. The van der Waals surface area contributed by atoms with Crippen LogP contribution >= 0.6 is 0 Å². The molecule has 2 rings (SSSR count). The zero-order valence-corrected chi connectivity index (χ0v) is 11.5. The molecule has 0 radical (unpaired) electrons. The molecule has 2 N–H and O–H groups in total. The van der Waals surface area contributed by atoms with Gasteiger partial charge >= 0.3 is 0 Å². The van der Waals surface area contributed by atoms with E-state index in [9.17, 15) is 8.78 Å². The molecule has 106 valence electrons. The number of ether oxygens (including phenoxy) is 1. The summed E-state index contributed by atoms with van der Waals surface area (Å²) in [5.41, 5.74) is 7.68. The fourth-order valence-electron chi connectivity index (χ4n) is 1.98. The SMILES string of the molecule is Cc1ccc(OCc2c(F)cccc2F)c(C(C)N)c1. The molecule has 0 amide bonds. The smallest absolute Gasteiger partial charge is 0.132 e. The van der Waals surface area contributed by atoms with E-state index >= 15 is 0 Å². The van der Waals surface area contributed by atoms with Crippen LogP contribution in [0.3, 0.4) is 0 Å². The van der Waals surface area contributed by atoms with Crippen molar-refractivity contribution in [3.8, 4) is 5.75 Å². The first-order chi connectivity index (χ1) is 9.49. The van der Waals surface area contributed by atoms with Crippen LogP contribution in [0, 0.1) is 18.6 Å². The van der Waals surface area contributed by atoms with Gasteiger partial charge in [-0.1, -0.05) is 23.8 Å². The first-order valence-corrected chi connectivity index (χ1v) is 6.41. The van der Waals surface area contributed by atoms with Crippen LogP contribution in [0.25, 0.3) is 0 Å². The maximum atomic E-state index is 13.5. The quantitative estimate of drug-likeness (QED) is 0.920. The second-order valence-corrected chi connectivity index (χ2v) is 4.82. The molecule has 1 atom stereocenters. The lowest BCUT2D eigenvalue weighted by Crippen LogP contribution is -2.09. The van der Waals surface area contributed by atoms with Gasteiger partial charge in [0.1, 0.15) is 24.0 Å². The van der Waals surface area contributed by atoms with Crippen molar-refractivity contribution in [1.82, 2.24) is 0 Å². The Balaban J connectivity index is 2.23. The van der Waals surface area contributed by atoms with Crippen molar-refractivity contribution in [3.63, 3.8) is 0 Å². The maximum absolute atomic E-state index is 13.5. The fraction of sp³-hybridized carbons (Fsp3) is 0.250. The molecular formula is C16H17F2NO. The van der Waals surface area contributed by atoms with Crippen LogP contribution in [0.15, 0.2) is 36.4 Å². The number of aryl methyl sites for hydroxylation is 1. The van der Waals surface area contributed by atoms with E-state index in [1.54, 1.807) is 6.07 Å². The Labute approximate surface area is 117 Å². The molecule has 4 heteroatoms. The van der Waals surface area contributed by atoms with Crippen molar-refractivity contribution >= 4 is 0 Å². The monoisotopic (exact) mass is 277 g/mol. The van der Waals surface area contributed by atoms with Crippen LogP contribution in [0.2, 0.25) is 0 Å². The highest BCUT2D eigenvalue weighted by Crippen LogP contribution is 2.26. The Morgan fingerprint density at radius 1 is 1.15 bits per heavy atom. The van der Waals surface area contributed by atoms with Crippen LogP contribution in [-0.2, 0) is 6.61 Å². The average molecular weight is 277 g/mol. The lowest BCUT2D eigenvalue weighted by atomic mass is 10.1. The van der Waals surface area contributed by atoms with Crippen molar-refractivity contribution < 1.29 is 13.5 Å². The highest BCUT2D eigenvalue weighted by atomic mass is 19.1. The molecule has 0 bridgehead atoms. The number of hydrogen-bond donors (Lipinski definition) is 1. The van der Waals surface area contributed by atoms with Crippen LogP contribution in [0.4, 0.5) is 8.78 Å². The van der Waals surface area contributed by atoms with E-state index in [0.717, 1.165) is 11.1 Å². The molecule has 2 nitrogen and oxygen atoms in total. The van der Waals surface area contributed by atoms with Crippen LogP contribution in [-0.4, -0.2) is 0 Å². The molecule has 0 saturated heterocycles. The second-order valence-electron chi connectivity index (χ2n) is 4.82. The van der Waals surface area contributed by atoms with Gasteiger partial charge in [0.15, 0.2) is 0 Å². The molecule has 0 aliphatic heterocycles. The number of hydrogen-bond acceptors (Lipinski definition) is 2. The molecule has 0 heterocycles. The molecule has 2 aromatic carbocycles. The van der Waals surface area contributed by atoms with Gasteiger partial charge in [-0.05, 0) is 32.0 Å². The highest BCUT2D eigenvalue weighted by molar-refractivity contribution is 5.39. The Bertz CT molecular complexity index is 591. The van der Waals surface area contributed by atoms with Gasteiger partial charge in [-0.2, -0.15) is 0 Å². The second kappa shape index (κ2) is 6.01. The van der Waals surface area contributed by atoms with Crippen LogP contribution in [0.5, 0.6) is 5.75 Å². The molecule has 0 aliphatic rings. The minimum absolute atomic E-state index is 0.0799. The summed E-state index contributed by atoms with van der Waals surface area (Å²) in [5, 5.41) is 0. The summed E-state index contributed by atoms with van der Waals surface area (Å²) in [5.74, 6) is -0.674. The normalized spacial score (nSPS) is 12.2. The molecule has 0 spiro atoms. The first-order valence-electron chi connectivity index (χ1n) is 6.41. The van der Waals surface area contributed by atoms with Gasteiger partial charge < -0.3 is 10.5 Å². The Kier molecular flexibility index (Phi) is 4.35. The zero-order valence-electron chi connectivity index (χ0n) is 11.5. The third-order valence-electron chi connectivity index (χ3n) is 3.09. The van der Waals surface area contributed by atoms with E-state index in [4.69, 9.17) is 10.5 Å². The third kappa shape index (κ3) is 3.14. The Morgan fingerprint density at radius 2 is 1.80 bits per heavy atom.